The highest BCUT2D eigenvalue weighted by Gasteiger charge is 2.16. The molecule has 0 atom stereocenters. The maximum absolute atomic E-state index is 4.96. The van der Waals surface area contributed by atoms with Crippen molar-refractivity contribution in [3.05, 3.63) is 119 Å². The van der Waals surface area contributed by atoms with E-state index in [1.165, 1.54) is 27.5 Å². The first kappa shape index (κ1) is 19.4. The zero-order valence-electron chi connectivity index (χ0n) is 18.0. The Morgan fingerprint density at radius 2 is 1.10 bits per heavy atom. The van der Waals surface area contributed by atoms with Gasteiger partial charge in [-0.3, -0.25) is 9.97 Å². The summed E-state index contributed by atoms with van der Waals surface area (Å²) in [5, 5.41) is 2.40. The van der Waals surface area contributed by atoms with Gasteiger partial charge in [-0.25, -0.2) is 0 Å². The molecule has 0 radical (unpaired) electrons. The molecule has 0 aliphatic rings. The number of nitrogens with zero attached hydrogens (tertiary/aromatic N) is 2. The van der Waals surface area contributed by atoms with Gasteiger partial charge >= 0.3 is 0 Å². The number of benzene rings is 3. The van der Waals surface area contributed by atoms with E-state index < -0.39 is 0 Å². The Labute approximate surface area is 183 Å². The van der Waals surface area contributed by atoms with Gasteiger partial charge in [0.15, 0.2) is 0 Å². The molecule has 0 amide bonds. The van der Waals surface area contributed by atoms with Crippen molar-refractivity contribution in [2.24, 2.45) is 0 Å². The van der Waals surface area contributed by atoms with Crippen molar-refractivity contribution in [2.75, 3.05) is 0 Å². The van der Waals surface area contributed by atoms with Crippen molar-refractivity contribution in [3.63, 3.8) is 0 Å². The van der Waals surface area contributed by atoms with Crippen molar-refractivity contribution in [2.45, 2.75) is 32.6 Å². The summed E-state index contributed by atoms with van der Waals surface area (Å²) in [6.45, 7) is 4.24. The lowest BCUT2D eigenvalue weighted by molar-refractivity contribution is 0.660. The van der Waals surface area contributed by atoms with E-state index in [1.54, 1.807) is 0 Å². The summed E-state index contributed by atoms with van der Waals surface area (Å²) >= 11 is 0. The minimum Gasteiger partial charge on any atom is -0.253 e. The Bertz CT molecular complexity index is 1270. The molecule has 0 N–H and O–H groups in total. The number of rotatable bonds is 5. The van der Waals surface area contributed by atoms with Gasteiger partial charge in [-0.2, -0.15) is 0 Å². The smallest absolute Gasteiger partial charge is 0.0705 e. The van der Waals surface area contributed by atoms with Crippen LogP contribution in [-0.2, 0) is 12.8 Å². The lowest BCUT2D eigenvalue weighted by Gasteiger charge is -2.18. The van der Waals surface area contributed by atoms with E-state index in [1.807, 2.05) is 0 Å². The number of pyridine rings is 2. The molecule has 5 aromatic rings. The Morgan fingerprint density at radius 1 is 0.581 bits per heavy atom. The summed E-state index contributed by atoms with van der Waals surface area (Å²) in [7, 11) is 0. The molecule has 5 rings (SSSR count). The van der Waals surface area contributed by atoms with Crippen LogP contribution in [0.3, 0.4) is 0 Å². The fraction of sp³-hybridized carbons (Fsp3) is 0.172. The van der Waals surface area contributed by atoms with Crippen molar-refractivity contribution >= 4 is 21.8 Å². The van der Waals surface area contributed by atoms with Crippen molar-refractivity contribution in [1.82, 2.24) is 9.97 Å². The molecule has 2 heteroatoms. The number of hydrogen-bond acceptors (Lipinski definition) is 2. The molecule has 0 bridgehead atoms. The molecule has 0 fully saturated rings. The van der Waals surface area contributed by atoms with E-state index in [-0.39, 0.29) is 0 Å². The molecule has 0 aliphatic heterocycles. The molecule has 0 aliphatic carbocycles. The second kappa shape index (κ2) is 8.31. The quantitative estimate of drug-likeness (QED) is 0.317. The summed E-state index contributed by atoms with van der Waals surface area (Å²) in [4.78, 5) is 9.92. The number of hydrogen-bond donors (Lipinski definition) is 0. The largest absolute Gasteiger partial charge is 0.253 e. The van der Waals surface area contributed by atoms with Crippen molar-refractivity contribution in [3.8, 4) is 0 Å². The van der Waals surface area contributed by atoms with Gasteiger partial charge in [0.25, 0.3) is 0 Å². The molecule has 0 saturated heterocycles. The molecular formula is C29H26N2. The summed E-state index contributed by atoms with van der Waals surface area (Å²) in [5.41, 5.74) is 8.24. The van der Waals surface area contributed by atoms with E-state index in [2.05, 4.69) is 105 Å². The van der Waals surface area contributed by atoms with Gasteiger partial charge in [-0.1, -0.05) is 65.7 Å². The first-order chi connectivity index (χ1) is 15.1. The predicted molar refractivity (Wildman–Crippen MR) is 130 cm³/mol. The number of fused-ring (bicyclic) bond motifs is 2. The highest BCUT2D eigenvalue weighted by molar-refractivity contribution is 5.80. The van der Waals surface area contributed by atoms with Gasteiger partial charge in [-0.15, -0.1) is 0 Å². The minimum absolute atomic E-state index is 0.326. The molecule has 152 valence electrons. The standard InChI is InChI=1S/C29H26N2/c1-20-8-14-28-23(16-20)10-12-26(30-28)18-25(22-6-4-3-5-7-22)19-27-13-11-24-17-21(2)9-15-29(24)31-27/h3-17,25H,18-19H2,1-2H3. The second-order valence-corrected chi connectivity index (χ2v) is 8.51. The SMILES string of the molecule is Cc1ccc2nc(CC(Cc3ccc4cc(C)ccc4n3)c3ccccc3)ccc2c1. The van der Waals surface area contributed by atoms with Gasteiger partial charge < -0.3 is 0 Å². The predicted octanol–water partition coefficient (Wildman–Crippen LogP) is 6.97. The highest BCUT2D eigenvalue weighted by Crippen LogP contribution is 2.26. The number of aryl methyl sites for hydroxylation is 2. The molecule has 31 heavy (non-hydrogen) atoms. The average Bonchev–Trinajstić information content (AvgIpc) is 2.79. The zero-order valence-corrected chi connectivity index (χ0v) is 18.0. The lowest BCUT2D eigenvalue weighted by Crippen LogP contribution is -2.09. The van der Waals surface area contributed by atoms with Gasteiger partial charge in [0.05, 0.1) is 11.0 Å². The van der Waals surface area contributed by atoms with Crippen LogP contribution in [0.1, 0.15) is 34.0 Å². The molecule has 3 aromatic carbocycles. The molecular weight excluding hydrogens is 376 g/mol. The first-order valence-electron chi connectivity index (χ1n) is 10.9. The topological polar surface area (TPSA) is 25.8 Å². The molecule has 0 spiro atoms. The van der Waals surface area contributed by atoms with Crippen LogP contribution in [0.15, 0.2) is 91.0 Å². The van der Waals surface area contributed by atoms with E-state index >= 15 is 0 Å². The normalized spacial score (nSPS) is 11.5. The average molecular weight is 403 g/mol. The van der Waals surface area contributed by atoms with Crippen LogP contribution >= 0.6 is 0 Å². The molecule has 2 nitrogen and oxygen atoms in total. The van der Waals surface area contributed by atoms with Crippen LogP contribution in [0, 0.1) is 13.8 Å². The van der Waals surface area contributed by atoms with E-state index in [9.17, 15) is 0 Å². The van der Waals surface area contributed by atoms with Crippen molar-refractivity contribution < 1.29 is 0 Å². The van der Waals surface area contributed by atoms with Crippen LogP contribution in [0.5, 0.6) is 0 Å². The fourth-order valence-corrected chi connectivity index (χ4v) is 4.34. The van der Waals surface area contributed by atoms with Gasteiger partial charge in [-0.05, 0) is 74.6 Å². The van der Waals surface area contributed by atoms with Gasteiger partial charge in [0, 0.05) is 22.2 Å². The van der Waals surface area contributed by atoms with Crippen molar-refractivity contribution in [1.29, 1.82) is 0 Å². The third kappa shape index (κ3) is 4.34. The third-order valence-corrected chi connectivity index (χ3v) is 5.99. The zero-order chi connectivity index (χ0) is 21.2. The second-order valence-electron chi connectivity index (χ2n) is 8.51. The van der Waals surface area contributed by atoms with E-state index in [0.717, 1.165) is 35.3 Å². The third-order valence-electron chi connectivity index (χ3n) is 5.99. The van der Waals surface area contributed by atoms with Crippen LogP contribution in [-0.4, -0.2) is 9.97 Å². The number of aromatic nitrogens is 2. The molecule has 2 heterocycles. The molecule has 2 aromatic heterocycles. The molecule has 0 unspecified atom stereocenters. The minimum atomic E-state index is 0.326. The van der Waals surface area contributed by atoms with Crippen LogP contribution in [0.4, 0.5) is 0 Å². The van der Waals surface area contributed by atoms with Crippen LogP contribution in [0.25, 0.3) is 21.8 Å². The van der Waals surface area contributed by atoms with Crippen LogP contribution in [0.2, 0.25) is 0 Å². The Hall–Kier alpha value is -3.52. The molecule has 0 saturated carbocycles. The Morgan fingerprint density at radius 3 is 1.61 bits per heavy atom. The maximum atomic E-state index is 4.96. The summed E-state index contributed by atoms with van der Waals surface area (Å²) in [6, 6.07) is 32.4. The first-order valence-corrected chi connectivity index (χ1v) is 10.9. The Kier molecular flexibility index (Phi) is 5.21. The van der Waals surface area contributed by atoms with E-state index in [4.69, 9.17) is 9.97 Å². The van der Waals surface area contributed by atoms with Gasteiger partial charge in [0.2, 0.25) is 0 Å². The van der Waals surface area contributed by atoms with E-state index in [0.29, 0.717) is 5.92 Å². The monoisotopic (exact) mass is 402 g/mol. The Balaban J connectivity index is 1.47. The maximum Gasteiger partial charge on any atom is 0.0705 e. The summed E-state index contributed by atoms with van der Waals surface area (Å²) in [6.07, 6.45) is 1.78. The summed E-state index contributed by atoms with van der Waals surface area (Å²) < 4.78 is 0. The fourth-order valence-electron chi connectivity index (χ4n) is 4.34. The summed E-state index contributed by atoms with van der Waals surface area (Å²) in [5.74, 6) is 0.326. The lowest BCUT2D eigenvalue weighted by atomic mass is 9.89. The van der Waals surface area contributed by atoms with Crippen LogP contribution < -0.4 is 0 Å². The van der Waals surface area contributed by atoms with Gasteiger partial charge in [0.1, 0.15) is 0 Å². The highest BCUT2D eigenvalue weighted by atomic mass is 14.7.